The summed E-state index contributed by atoms with van der Waals surface area (Å²) in [5.74, 6) is 0. The smallest absolute Gasteiger partial charge is 0.0125 e. The number of hydrogen-bond donors (Lipinski definition) is 1. The monoisotopic (exact) mass is 240 g/mol. The molecular weight excluding hydrogens is 208 g/mol. The molecular formula is C15H32N2. The molecule has 1 aliphatic rings. The number of hydrogen-bond acceptors (Lipinski definition) is 2. The van der Waals surface area contributed by atoms with Crippen molar-refractivity contribution in [2.24, 2.45) is 0 Å². The van der Waals surface area contributed by atoms with Crippen molar-refractivity contribution in [1.82, 2.24) is 10.2 Å². The van der Waals surface area contributed by atoms with Gasteiger partial charge in [0.1, 0.15) is 0 Å². The molecule has 1 saturated heterocycles. The van der Waals surface area contributed by atoms with Gasteiger partial charge in [0, 0.05) is 30.7 Å². The van der Waals surface area contributed by atoms with Gasteiger partial charge in [-0.15, -0.1) is 0 Å². The molecule has 0 aliphatic carbocycles. The van der Waals surface area contributed by atoms with E-state index in [-0.39, 0.29) is 0 Å². The van der Waals surface area contributed by atoms with E-state index in [9.17, 15) is 0 Å². The van der Waals surface area contributed by atoms with Crippen LogP contribution in [0, 0.1) is 0 Å². The molecule has 2 nitrogen and oxygen atoms in total. The standard InChI is InChI=1S/C15H32N2/c1-6-7-8-13(2)16-14-9-11-17(12-10-14)15(3,4)5/h13-14,16H,6-12H2,1-5H3. The lowest BCUT2D eigenvalue weighted by molar-refractivity contribution is 0.0939. The van der Waals surface area contributed by atoms with Crippen LogP contribution in [0.4, 0.5) is 0 Å². The van der Waals surface area contributed by atoms with Crippen molar-refractivity contribution < 1.29 is 0 Å². The van der Waals surface area contributed by atoms with Crippen LogP contribution in [0.25, 0.3) is 0 Å². The van der Waals surface area contributed by atoms with Gasteiger partial charge in [0.05, 0.1) is 0 Å². The molecule has 0 aromatic heterocycles. The van der Waals surface area contributed by atoms with Gasteiger partial charge < -0.3 is 5.32 Å². The maximum Gasteiger partial charge on any atom is 0.0125 e. The first-order chi connectivity index (χ1) is 7.93. The number of likely N-dealkylation sites (tertiary alicyclic amines) is 1. The summed E-state index contributed by atoms with van der Waals surface area (Å²) in [7, 11) is 0. The summed E-state index contributed by atoms with van der Waals surface area (Å²) in [4.78, 5) is 2.61. The molecule has 1 atom stereocenters. The summed E-state index contributed by atoms with van der Waals surface area (Å²) in [6.45, 7) is 14.1. The molecule has 1 rings (SSSR count). The normalized spacial score (nSPS) is 21.7. The van der Waals surface area contributed by atoms with E-state index in [2.05, 4.69) is 44.8 Å². The van der Waals surface area contributed by atoms with Crippen LogP contribution in [0.2, 0.25) is 0 Å². The summed E-state index contributed by atoms with van der Waals surface area (Å²) >= 11 is 0. The van der Waals surface area contributed by atoms with E-state index in [1.165, 1.54) is 45.2 Å². The Morgan fingerprint density at radius 2 is 1.82 bits per heavy atom. The number of unbranched alkanes of at least 4 members (excludes halogenated alkanes) is 1. The lowest BCUT2D eigenvalue weighted by Gasteiger charge is -2.41. The highest BCUT2D eigenvalue weighted by Crippen LogP contribution is 2.20. The van der Waals surface area contributed by atoms with E-state index in [1.807, 2.05) is 0 Å². The first kappa shape index (κ1) is 15.0. The van der Waals surface area contributed by atoms with Gasteiger partial charge in [-0.05, 0) is 47.0 Å². The summed E-state index contributed by atoms with van der Waals surface area (Å²) in [5, 5.41) is 3.80. The molecule has 17 heavy (non-hydrogen) atoms. The van der Waals surface area contributed by atoms with Crippen LogP contribution in [-0.2, 0) is 0 Å². The minimum Gasteiger partial charge on any atom is -0.311 e. The summed E-state index contributed by atoms with van der Waals surface area (Å²) < 4.78 is 0. The zero-order valence-electron chi connectivity index (χ0n) is 12.6. The van der Waals surface area contributed by atoms with Crippen LogP contribution in [0.5, 0.6) is 0 Å². The molecule has 1 unspecified atom stereocenters. The van der Waals surface area contributed by atoms with Crippen molar-refractivity contribution in [3.8, 4) is 0 Å². The highest BCUT2D eigenvalue weighted by molar-refractivity contribution is 4.85. The quantitative estimate of drug-likeness (QED) is 0.792. The zero-order chi connectivity index (χ0) is 12.9. The molecule has 0 saturated carbocycles. The highest BCUT2D eigenvalue weighted by Gasteiger charge is 2.27. The van der Waals surface area contributed by atoms with Gasteiger partial charge in [-0.2, -0.15) is 0 Å². The maximum atomic E-state index is 3.80. The number of nitrogens with zero attached hydrogens (tertiary/aromatic N) is 1. The second-order valence-corrected chi connectivity index (χ2v) is 6.64. The van der Waals surface area contributed by atoms with E-state index >= 15 is 0 Å². The summed E-state index contributed by atoms with van der Waals surface area (Å²) in [6.07, 6.45) is 6.63. The van der Waals surface area contributed by atoms with Crippen molar-refractivity contribution in [2.75, 3.05) is 13.1 Å². The molecule has 0 aromatic rings. The van der Waals surface area contributed by atoms with E-state index in [0.29, 0.717) is 11.6 Å². The Hall–Kier alpha value is -0.0800. The highest BCUT2D eigenvalue weighted by atomic mass is 15.2. The Kier molecular flexibility index (Phi) is 5.94. The van der Waals surface area contributed by atoms with Gasteiger partial charge in [-0.3, -0.25) is 4.90 Å². The fraction of sp³-hybridized carbons (Fsp3) is 1.00. The SMILES string of the molecule is CCCCC(C)NC1CCN(C(C)(C)C)CC1. The Morgan fingerprint density at radius 3 is 2.29 bits per heavy atom. The third-order valence-corrected chi connectivity index (χ3v) is 3.95. The van der Waals surface area contributed by atoms with E-state index in [4.69, 9.17) is 0 Å². The van der Waals surface area contributed by atoms with Crippen LogP contribution in [-0.4, -0.2) is 35.6 Å². The number of nitrogens with one attached hydrogen (secondary N) is 1. The van der Waals surface area contributed by atoms with Gasteiger partial charge >= 0.3 is 0 Å². The Labute approximate surface area is 108 Å². The topological polar surface area (TPSA) is 15.3 Å². The van der Waals surface area contributed by atoms with Crippen molar-refractivity contribution in [1.29, 1.82) is 0 Å². The van der Waals surface area contributed by atoms with Crippen LogP contribution < -0.4 is 5.32 Å². The minimum atomic E-state index is 0.346. The number of rotatable bonds is 5. The van der Waals surface area contributed by atoms with Gasteiger partial charge in [-0.1, -0.05) is 19.8 Å². The average Bonchev–Trinajstić information content (AvgIpc) is 2.26. The average molecular weight is 240 g/mol. The van der Waals surface area contributed by atoms with Gasteiger partial charge in [0.15, 0.2) is 0 Å². The van der Waals surface area contributed by atoms with E-state index in [0.717, 1.165) is 6.04 Å². The Balaban J connectivity index is 2.23. The first-order valence-corrected chi connectivity index (χ1v) is 7.44. The Bertz CT molecular complexity index is 199. The second-order valence-electron chi connectivity index (χ2n) is 6.64. The van der Waals surface area contributed by atoms with Crippen LogP contribution in [0.3, 0.4) is 0 Å². The van der Waals surface area contributed by atoms with E-state index < -0.39 is 0 Å². The molecule has 1 fully saturated rings. The minimum absolute atomic E-state index is 0.346. The lowest BCUT2D eigenvalue weighted by Crippen LogP contribution is -2.51. The summed E-state index contributed by atoms with van der Waals surface area (Å²) in [5.41, 5.74) is 0.346. The van der Waals surface area contributed by atoms with Gasteiger partial charge in [-0.25, -0.2) is 0 Å². The molecule has 2 heteroatoms. The first-order valence-electron chi connectivity index (χ1n) is 7.44. The largest absolute Gasteiger partial charge is 0.311 e. The zero-order valence-corrected chi connectivity index (χ0v) is 12.6. The van der Waals surface area contributed by atoms with Crippen molar-refractivity contribution in [3.05, 3.63) is 0 Å². The third-order valence-electron chi connectivity index (χ3n) is 3.95. The van der Waals surface area contributed by atoms with Gasteiger partial charge in [0.25, 0.3) is 0 Å². The fourth-order valence-corrected chi connectivity index (χ4v) is 2.71. The maximum absolute atomic E-state index is 3.80. The predicted octanol–water partition coefficient (Wildman–Crippen LogP) is 3.42. The van der Waals surface area contributed by atoms with Gasteiger partial charge in [0.2, 0.25) is 0 Å². The van der Waals surface area contributed by atoms with Crippen molar-refractivity contribution in [2.45, 2.75) is 84.3 Å². The van der Waals surface area contributed by atoms with Crippen LogP contribution in [0.15, 0.2) is 0 Å². The van der Waals surface area contributed by atoms with Crippen LogP contribution in [0.1, 0.15) is 66.7 Å². The molecule has 0 amide bonds. The predicted molar refractivity (Wildman–Crippen MR) is 76.5 cm³/mol. The Morgan fingerprint density at radius 1 is 1.24 bits per heavy atom. The number of piperidine rings is 1. The van der Waals surface area contributed by atoms with Crippen molar-refractivity contribution >= 4 is 0 Å². The van der Waals surface area contributed by atoms with Crippen molar-refractivity contribution in [3.63, 3.8) is 0 Å². The molecule has 0 aromatic carbocycles. The molecule has 1 heterocycles. The molecule has 102 valence electrons. The molecule has 1 N–H and O–H groups in total. The summed E-state index contributed by atoms with van der Waals surface area (Å²) in [6, 6.07) is 1.45. The fourth-order valence-electron chi connectivity index (χ4n) is 2.71. The van der Waals surface area contributed by atoms with E-state index in [1.54, 1.807) is 0 Å². The molecule has 0 spiro atoms. The molecule has 0 bridgehead atoms. The molecule has 0 radical (unpaired) electrons. The lowest BCUT2D eigenvalue weighted by atomic mass is 9.97. The third kappa shape index (κ3) is 5.39. The van der Waals surface area contributed by atoms with Crippen LogP contribution >= 0.6 is 0 Å². The second kappa shape index (κ2) is 6.75. The molecule has 1 aliphatic heterocycles.